The van der Waals surface area contributed by atoms with Gasteiger partial charge in [0.25, 0.3) is 5.91 Å². The fraction of sp³-hybridized carbons (Fsp3) is 0.698. The molecule has 0 bridgehead atoms. The number of benzene rings is 1. The third-order valence-electron chi connectivity index (χ3n) is 14.9. The number of amides is 10. The fourth-order valence-corrected chi connectivity index (χ4v) is 10.4. The van der Waals surface area contributed by atoms with Gasteiger partial charge in [-0.1, -0.05) is 105 Å². The molecular weight excluding hydrogens is 1120 g/mol. The van der Waals surface area contributed by atoms with Crippen LogP contribution >= 0.6 is 11.6 Å². The van der Waals surface area contributed by atoms with Crippen LogP contribution in [0.2, 0.25) is 5.02 Å². The molecule has 3 rings (SSSR count). The van der Waals surface area contributed by atoms with Crippen molar-refractivity contribution in [2.24, 2.45) is 17.8 Å². The average Bonchev–Trinajstić information content (AvgIpc) is 4.00. The summed E-state index contributed by atoms with van der Waals surface area (Å²) in [7, 11) is 3.79. The van der Waals surface area contributed by atoms with Gasteiger partial charge < -0.3 is 57.7 Å². The van der Waals surface area contributed by atoms with Gasteiger partial charge in [0.1, 0.15) is 46.8 Å². The molecule has 2 aromatic rings. The van der Waals surface area contributed by atoms with Crippen molar-refractivity contribution in [2.75, 3.05) is 33.7 Å². The van der Waals surface area contributed by atoms with E-state index in [0.29, 0.717) is 53.8 Å². The Morgan fingerprint density at radius 1 is 0.628 bits per heavy atom. The number of hydrogen-bond acceptors (Lipinski definition) is 12. The summed E-state index contributed by atoms with van der Waals surface area (Å²) in [5.41, 5.74) is -3.78. The van der Waals surface area contributed by atoms with Gasteiger partial charge in [-0.2, -0.15) is 0 Å². The van der Waals surface area contributed by atoms with E-state index in [0.717, 1.165) is 32.1 Å². The molecule has 22 nitrogen and oxygen atoms in total. The molecule has 0 spiro atoms. The van der Waals surface area contributed by atoms with Crippen LogP contribution in [0.4, 0.5) is 0 Å². The van der Waals surface area contributed by atoms with Crippen molar-refractivity contribution in [3.8, 4) is 0 Å². The molecule has 1 saturated heterocycles. The molecular formula is C63H103ClN12O10. The van der Waals surface area contributed by atoms with Gasteiger partial charge in [-0.3, -0.25) is 52.9 Å². The lowest BCUT2D eigenvalue weighted by molar-refractivity contribution is -0.139. The number of likely N-dealkylation sites (N-methyl/N-ethyl adjacent to an activating group) is 1. The van der Waals surface area contributed by atoms with Crippen LogP contribution in [0, 0.1) is 17.8 Å². The number of nitrogens with zero attached hydrogens (tertiary/aromatic N) is 3. The van der Waals surface area contributed by atoms with E-state index in [9.17, 15) is 47.9 Å². The second kappa shape index (κ2) is 34.2. The molecule has 1 aromatic heterocycles. The van der Waals surface area contributed by atoms with Crippen LogP contribution in [0.15, 0.2) is 30.5 Å². The Morgan fingerprint density at radius 3 is 1.71 bits per heavy atom. The number of halogens is 1. The summed E-state index contributed by atoms with van der Waals surface area (Å²) in [5, 5.41) is 26.3. The number of unbranched alkanes of at least 4 members (excludes halogenated alkanes) is 5. The number of hydrogen-bond donors (Lipinski definition) is 9. The zero-order chi connectivity index (χ0) is 64.9. The largest absolute Gasteiger partial charge is 0.354 e. The Labute approximate surface area is 515 Å². The van der Waals surface area contributed by atoms with E-state index in [4.69, 9.17) is 11.6 Å². The van der Waals surface area contributed by atoms with Gasteiger partial charge in [-0.05, 0) is 137 Å². The van der Waals surface area contributed by atoms with Crippen LogP contribution in [-0.4, -0.2) is 160 Å². The molecule has 86 heavy (non-hydrogen) atoms. The lowest BCUT2D eigenvalue weighted by Gasteiger charge is -2.34. The SMILES string of the molecule is CCCCCCCC[C@H](NC(=O)[C@@H]1CCCN1C(=O)c1ccnc2cc(Cl)ccc12)C(=O)N[C@@H](CC(C)C)C(=O)NC(C)(C)C(=O)N[C@@H](CC(C)C)C(=O)N[C@@H](CC(C)C)C(=O)NC(C)(C)C(=O)NC(C)(C)C(=O)NCCC(=O)N[C@@H](C)CN(C)C. The van der Waals surface area contributed by atoms with E-state index in [-0.39, 0.29) is 74.3 Å². The van der Waals surface area contributed by atoms with Gasteiger partial charge in [0.15, 0.2) is 0 Å². The van der Waals surface area contributed by atoms with Crippen LogP contribution in [0.5, 0.6) is 0 Å². The number of carbonyl (C=O) groups is 10. The first-order chi connectivity index (χ1) is 40.1. The maximum atomic E-state index is 14.5. The van der Waals surface area contributed by atoms with E-state index in [2.05, 4.69) is 59.8 Å². The van der Waals surface area contributed by atoms with E-state index in [1.54, 1.807) is 24.3 Å². The van der Waals surface area contributed by atoms with Gasteiger partial charge in [-0.15, -0.1) is 0 Å². The van der Waals surface area contributed by atoms with E-state index < -0.39 is 94.1 Å². The minimum absolute atomic E-state index is 0.0249. The summed E-state index contributed by atoms with van der Waals surface area (Å²) in [6.45, 7) is 25.1. The third-order valence-corrected chi connectivity index (χ3v) is 15.2. The number of carbonyl (C=O) groups excluding carboxylic acids is 10. The maximum Gasteiger partial charge on any atom is 0.255 e. The van der Waals surface area contributed by atoms with Gasteiger partial charge in [0, 0.05) is 48.7 Å². The van der Waals surface area contributed by atoms with Crippen molar-refractivity contribution in [3.05, 3.63) is 41.0 Å². The van der Waals surface area contributed by atoms with Crippen LogP contribution in [-0.2, 0) is 43.2 Å². The molecule has 482 valence electrons. The number of nitrogens with one attached hydrogen (secondary N) is 9. The van der Waals surface area contributed by atoms with Gasteiger partial charge in [0.2, 0.25) is 53.2 Å². The first kappa shape index (κ1) is 73.8. The molecule has 23 heteroatoms. The second-order valence-electron chi connectivity index (χ2n) is 26.4. The second-order valence-corrected chi connectivity index (χ2v) is 26.8. The smallest absolute Gasteiger partial charge is 0.255 e. The maximum absolute atomic E-state index is 14.5. The normalized spacial score (nSPS) is 15.5. The topological polar surface area (TPSA) is 298 Å². The summed E-state index contributed by atoms with van der Waals surface area (Å²) in [6.07, 6.45) is 8.77. The quantitative estimate of drug-likeness (QED) is 0.0383. The molecule has 1 aliphatic rings. The van der Waals surface area contributed by atoms with Crippen molar-refractivity contribution in [1.29, 1.82) is 0 Å². The van der Waals surface area contributed by atoms with Crippen LogP contribution in [0.25, 0.3) is 10.9 Å². The summed E-state index contributed by atoms with van der Waals surface area (Å²) in [4.78, 5) is 147. The number of likely N-dealkylation sites (tertiary alicyclic amines) is 1. The molecule has 0 aliphatic carbocycles. The van der Waals surface area contributed by atoms with Crippen LogP contribution < -0.4 is 47.9 Å². The highest BCUT2D eigenvalue weighted by Crippen LogP contribution is 2.27. The van der Waals surface area contributed by atoms with Crippen LogP contribution in [0.3, 0.4) is 0 Å². The summed E-state index contributed by atoms with van der Waals surface area (Å²) in [6, 6.07) is 1.17. The summed E-state index contributed by atoms with van der Waals surface area (Å²) < 4.78 is 0. The molecule has 0 unspecified atom stereocenters. The summed E-state index contributed by atoms with van der Waals surface area (Å²) in [5.74, 6) is -6.02. The predicted molar refractivity (Wildman–Crippen MR) is 335 cm³/mol. The first-order valence-electron chi connectivity index (χ1n) is 30.8. The lowest BCUT2D eigenvalue weighted by Crippen LogP contribution is -2.65. The molecule has 0 saturated carbocycles. The number of aromatic nitrogens is 1. The van der Waals surface area contributed by atoms with Gasteiger partial charge in [-0.25, -0.2) is 0 Å². The standard InChI is InChI=1S/C63H103ClN12O10/c1-17-18-19-20-21-22-24-45(68-56(82)50-25-23-32-76(50)57(83)44-28-30-65-46-36-42(64)26-27-43(44)46)52(78)69-48(34-39(4)5)54(80)72-62(11,12)59(85)71-47(33-38(2)3)53(79)70-49(35-40(6)7)55(81)73-63(13,14)60(86)74-61(9,10)58(84)66-31-29-51(77)67-41(8)37-75(15)16/h26-28,30,36,38-41,45,47-50H,17-25,29,31-35,37H2,1-16H3,(H,66,84)(H,67,77)(H,68,82)(H,69,78)(H,70,79)(H,71,85)(H,72,80)(H,73,81)(H,74,86)/t41-,45-,47-,48-,49-,50-/m0/s1. The van der Waals surface area contributed by atoms with Crippen molar-refractivity contribution in [1.82, 2.24) is 62.6 Å². The predicted octanol–water partition coefficient (Wildman–Crippen LogP) is 5.58. The third kappa shape index (κ3) is 24.0. The van der Waals surface area contributed by atoms with Crippen molar-refractivity contribution in [2.45, 2.75) is 233 Å². The molecule has 0 radical (unpaired) electrons. The highest BCUT2D eigenvalue weighted by molar-refractivity contribution is 6.31. The fourth-order valence-electron chi connectivity index (χ4n) is 10.3. The van der Waals surface area contributed by atoms with Gasteiger partial charge >= 0.3 is 0 Å². The number of pyridine rings is 1. The van der Waals surface area contributed by atoms with E-state index in [1.807, 2.05) is 67.5 Å². The molecule has 9 N–H and O–H groups in total. The Balaban J connectivity index is 1.76. The van der Waals surface area contributed by atoms with E-state index >= 15 is 0 Å². The minimum atomic E-state index is -1.65. The zero-order valence-electron chi connectivity index (χ0n) is 54.2. The Bertz CT molecular complexity index is 2660. The lowest BCUT2D eigenvalue weighted by atomic mass is 9.96. The monoisotopic (exact) mass is 1220 g/mol. The highest BCUT2D eigenvalue weighted by atomic mass is 35.5. The van der Waals surface area contributed by atoms with E-state index in [1.165, 1.54) is 52.6 Å². The molecule has 1 aliphatic heterocycles. The highest BCUT2D eigenvalue weighted by Gasteiger charge is 2.42. The summed E-state index contributed by atoms with van der Waals surface area (Å²) >= 11 is 6.22. The molecule has 2 heterocycles. The Morgan fingerprint density at radius 2 is 1.15 bits per heavy atom. The van der Waals surface area contributed by atoms with Crippen molar-refractivity contribution in [3.63, 3.8) is 0 Å². The molecule has 1 fully saturated rings. The number of fused-ring (bicyclic) bond motifs is 1. The average molecular weight is 1220 g/mol. The number of rotatable bonds is 35. The van der Waals surface area contributed by atoms with Crippen molar-refractivity contribution >= 4 is 81.6 Å². The van der Waals surface area contributed by atoms with Gasteiger partial charge in [0.05, 0.1) is 11.1 Å². The Kier molecular flexibility index (Phi) is 29.4. The zero-order valence-corrected chi connectivity index (χ0v) is 55.0. The molecule has 10 amide bonds. The molecule has 1 aromatic carbocycles. The first-order valence-corrected chi connectivity index (χ1v) is 31.2. The Hall–Kier alpha value is -6.42. The molecule has 6 atom stereocenters. The van der Waals surface area contributed by atoms with Crippen LogP contribution in [0.1, 0.15) is 191 Å². The minimum Gasteiger partial charge on any atom is -0.354 e. The van der Waals surface area contributed by atoms with Crippen molar-refractivity contribution < 1.29 is 47.9 Å².